The first kappa shape index (κ1) is 18.5. The summed E-state index contributed by atoms with van der Waals surface area (Å²) in [7, 11) is 1.70. The number of hydrogen-bond donors (Lipinski definition) is 2. The van der Waals surface area contributed by atoms with E-state index in [9.17, 15) is 4.79 Å². The molecule has 0 saturated heterocycles. The van der Waals surface area contributed by atoms with Gasteiger partial charge in [0.25, 0.3) is 5.91 Å². The van der Waals surface area contributed by atoms with Crippen molar-refractivity contribution in [1.82, 2.24) is 9.88 Å². The highest BCUT2D eigenvalue weighted by Crippen LogP contribution is 2.26. The van der Waals surface area contributed by atoms with E-state index in [2.05, 4.69) is 23.7 Å². The molecular formula is C19H28N2O3. The van der Waals surface area contributed by atoms with Crippen LogP contribution in [0, 0.1) is 13.8 Å². The molecule has 24 heavy (non-hydrogen) atoms. The van der Waals surface area contributed by atoms with Crippen LogP contribution in [0.2, 0.25) is 0 Å². The predicted octanol–water partition coefficient (Wildman–Crippen LogP) is 2.80. The summed E-state index contributed by atoms with van der Waals surface area (Å²) in [6.45, 7) is 7.73. The topological polar surface area (TPSA) is 63.5 Å². The molecule has 1 atom stereocenters. The number of nitrogens with zero attached hydrogens (tertiary/aromatic N) is 1. The summed E-state index contributed by atoms with van der Waals surface area (Å²) in [6, 6.07) is 5.84. The summed E-state index contributed by atoms with van der Waals surface area (Å²) in [6.07, 6.45) is 1.39. The first-order valence-corrected chi connectivity index (χ1v) is 8.53. The lowest BCUT2D eigenvalue weighted by Gasteiger charge is -2.15. The van der Waals surface area contributed by atoms with Gasteiger partial charge >= 0.3 is 0 Å². The van der Waals surface area contributed by atoms with Crippen LogP contribution in [0.1, 0.15) is 41.4 Å². The second kappa shape index (κ2) is 8.31. The van der Waals surface area contributed by atoms with Crippen molar-refractivity contribution in [1.29, 1.82) is 0 Å². The zero-order valence-corrected chi connectivity index (χ0v) is 15.1. The van der Waals surface area contributed by atoms with Gasteiger partial charge in [-0.15, -0.1) is 0 Å². The molecule has 2 rings (SSSR count). The van der Waals surface area contributed by atoms with Crippen molar-refractivity contribution in [3.8, 4) is 0 Å². The molecule has 5 nitrogen and oxygen atoms in total. The standard InChI is InChI=1S/C19H28N2O3/c1-5-16(8-10-22)20-19(23)15-6-7-18-17(12-15)13(2)14(3)21(18)9-11-24-4/h6-7,12,16,22H,5,8-11H2,1-4H3,(H,20,23). The molecule has 0 aliphatic carbocycles. The first-order valence-electron chi connectivity index (χ1n) is 8.53. The summed E-state index contributed by atoms with van der Waals surface area (Å²) in [5.41, 5.74) is 4.18. The van der Waals surface area contributed by atoms with Gasteiger partial charge in [0, 0.05) is 48.5 Å². The highest BCUT2D eigenvalue weighted by Gasteiger charge is 2.15. The number of ether oxygens (including phenoxy) is 1. The smallest absolute Gasteiger partial charge is 0.251 e. The summed E-state index contributed by atoms with van der Waals surface area (Å²) in [5, 5.41) is 13.2. The van der Waals surface area contributed by atoms with Crippen molar-refractivity contribution in [3.05, 3.63) is 35.0 Å². The van der Waals surface area contributed by atoms with Gasteiger partial charge in [-0.05, 0) is 50.5 Å². The summed E-state index contributed by atoms with van der Waals surface area (Å²) in [5.74, 6) is -0.0844. The maximum absolute atomic E-state index is 12.5. The van der Waals surface area contributed by atoms with Crippen molar-refractivity contribution < 1.29 is 14.6 Å². The van der Waals surface area contributed by atoms with E-state index in [0.717, 1.165) is 23.9 Å². The Morgan fingerprint density at radius 2 is 2.12 bits per heavy atom. The van der Waals surface area contributed by atoms with Crippen LogP contribution in [0.25, 0.3) is 10.9 Å². The minimum atomic E-state index is -0.0844. The van der Waals surface area contributed by atoms with Crippen LogP contribution < -0.4 is 5.32 Å². The van der Waals surface area contributed by atoms with E-state index in [1.807, 2.05) is 25.1 Å². The Labute approximate surface area is 143 Å². The molecule has 0 fully saturated rings. The Morgan fingerprint density at radius 3 is 2.75 bits per heavy atom. The number of amides is 1. The molecule has 1 heterocycles. The third kappa shape index (κ3) is 3.79. The molecule has 0 saturated carbocycles. The van der Waals surface area contributed by atoms with E-state index in [1.165, 1.54) is 11.3 Å². The molecule has 2 N–H and O–H groups in total. The van der Waals surface area contributed by atoms with Gasteiger partial charge in [-0.25, -0.2) is 0 Å². The van der Waals surface area contributed by atoms with Gasteiger partial charge in [0.15, 0.2) is 0 Å². The van der Waals surface area contributed by atoms with Crippen LogP contribution >= 0.6 is 0 Å². The number of carbonyl (C=O) groups excluding carboxylic acids is 1. The number of hydrogen-bond acceptors (Lipinski definition) is 3. The number of fused-ring (bicyclic) bond motifs is 1. The van der Waals surface area contributed by atoms with Gasteiger partial charge < -0.3 is 19.7 Å². The first-order chi connectivity index (χ1) is 11.5. The van der Waals surface area contributed by atoms with Gasteiger partial charge in [0.05, 0.1) is 6.61 Å². The Balaban J connectivity index is 2.31. The fourth-order valence-electron chi connectivity index (χ4n) is 3.06. The summed E-state index contributed by atoms with van der Waals surface area (Å²) >= 11 is 0. The zero-order valence-electron chi connectivity index (χ0n) is 15.1. The molecular weight excluding hydrogens is 304 g/mol. The van der Waals surface area contributed by atoms with Crippen molar-refractivity contribution in [2.24, 2.45) is 0 Å². The van der Waals surface area contributed by atoms with Gasteiger partial charge in [-0.1, -0.05) is 6.92 Å². The Morgan fingerprint density at radius 1 is 1.38 bits per heavy atom. The minimum absolute atomic E-state index is 0.00679. The molecule has 0 aliphatic rings. The van der Waals surface area contributed by atoms with Crippen molar-refractivity contribution >= 4 is 16.8 Å². The van der Waals surface area contributed by atoms with Crippen molar-refractivity contribution in [2.75, 3.05) is 20.3 Å². The molecule has 1 unspecified atom stereocenters. The Kier molecular flexibility index (Phi) is 6.40. The number of carbonyl (C=O) groups is 1. The number of benzene rings is 1. The number of aromatic nitrogens is 1. The number of aliphatic hydroxyl groups is 1. The number of aryl methyl sites for hydroxylation is 1. The van der Waals surface area contributed by atoms with E-state index < -0.39 is 0 Å². The normalized spacial score (nSPS) is 12.5. The number of nitrogens with one attached hydrogen (secondary N) is 1. The van der Waals surface area contributed by atoms with Gasteiger partial charge in [-0.3, -0.25) is 4.79 Å². The van der Waals surface area contributed by atoms with Crippen molar-refractivity contribution in [3.63, 3.8) is 0 Å². The molecule has 2 aromatic rings. The van der Waals surface area contributed by atoms with Crippen LogP contribution in [0.3, 0.4) is 0 Å². The zero-order chi connectivity index (χ0) is 17.7. The maximum Gasteiger partial charge on any atom is 0.251 e. The fraction of sp³-hybridized carbons (Fsp3) is 0.526. The van der Waals surface area contributed by atoms with Crippen LogP contribution in [0.4, 0.5) is 0 Å². The second-order valence-corrected chi connectivity index (χ2v) is 6.18. The van der Waals surface area contributed by atoms with Crippen LogP contribution in [0.5, 0.6) is 0 Å². The molecule has 0 spiro atoms. The average Bonchev–Trinajstić information content (AvgIpc) is 2.83. The maximum atomic E-state index is 12.5. The lowest BCUT2D eigenvalue weighted by Crippen LogP contribution is -2.35. The number of aliphatic hydroxyl groups excluding tert-OH is 1. The van der Waals surface area contributed by atoms with E-state index in [4.69, 9.17) is 9.84 Å². The molecule has 132 valence electrons. The third-order valence-electron chi connectivity index (χ3n) is 4.73. The molecule has 0 radical (unpaired) electrons. The highest BCUT2D eigenvalue weighted by atomic mass is 16.5. The van der Waals surface area contributed by atoms with Crippen LogP contribution in [0.15, 0.2) is 18.2 Å². The average molecular weight is 332 g/mol. The molecule has 5 heteroatoms. The lowest BCUT2D eigenvalue weighted by atomic mass is 10.1. The quantitative estimate of drug-likeness (QED) is 0.781. The molecule has 0 bridgehead atoms. The second-order valence-electron chi connectivity index (χ2n) is 6.18. The predicted molar refractivity (Wildman–Crippen MR) is 96.5 cm³/mol. The SMILES string of the molecule is CCC(CCO)NC(=O)c1ccc2c(c1)c(C)c(C)n2CCOC. The van der Waals surface area contributed by atoms with Gasteiger partial charge in [0.1, 0.15) is 0 Å². The van der Waals surface area contributed by atoms with Gasteiger partial charge in [0.2, 0.25) is 0 Å². The number of methoxy groups -OCH3 is 1. The fourth-order valence-corrected chi connectivity index (χ4v) is 3.06. The van der Waals surface area contributed by atoms with E-state index in [0.29, 0.717) is 18.6 Å². The monoisotopic (exact) mass is 332 g/mol. The summed E-state index contributed by atoms with van der Waals surface area (Å²) < 4.78 is 7.43. The Bertz CT molecular complexity index is 706. The Hall–Kier alpha value is -1.85. The highest BCUT2D eigenvalue weighted by molar-refractivity contribution is 5.99. The third-order valence-corrected chi connectivity index (χ3v) is 4.73. The molecule has 1 amide bonds. The molecule has 1 aromatic heterocycles. The largest absolute Gasteiger partial charge is 0.396 e. The minimum Gasteiger partial charge on any atom is -0.396 e. The van der Waals surface area contributed by atoms with E-state index in [1.54, 1.807) is 7.11 Å². The van der Waals surface area contributed by atoms with E-state index >= 15 is 0 Å². The molecule has 0 aliphatic heterocycles. The lowest BCUT2D eigenvalue weighted by molar-refractivity contribution is 0.0929. The number of rotatable bonds is 8. The van der Waals surface area contributed by atoms with E-state index in [-0.39, 0.29) is 18.6 Å². The molecule has 1 aromatic carbocycles. The summed E-state index contributed by atoms with van der Waals surface area (Å²) in [4.78, 5) is 12.5. The van der Waals surface area contributed by atoms with Crippen molar-refractivity contribution in [2.45, 2.75) is 46.2 Å². The van der Waals surface area contributed by atoms with Crippen LogP contribution in [-0.4, -0.2) is 41.9 Å². The van der Waals surface area contributed by atoms with Crippen LogP contribution in [-0.2, 0) is 11.3 Å². The van der Waals surface area contributed by atoms with Gasteiger partial charge in [-0.2, -0.15) is 0 Å².